The first kappa shape index (κ1) is 9.11. The van der Waals surface area contributed by atoms with Gasteiger partial charge in [0.2, 0.25) is 6.04 Å². The van der Waals surface area contributed by atoms with E-state index in [0.29, 0.717) is 0 Å². The fraction of sp³-hybridized carbons (Fsp3) is 0.143. The number of carbonyl (C=O) groups is 2. The fourth-order valence-corrected chi connectivity index (χ4v) is 0.786. The Morgan fingerprint density at radius 1 is 1.15 bits per heavy atom. The monoisotopic (exact) mass is 184 g/mol. The fourth-order valence-electron chi connectivity index (χ4n) is 0.786. The summed E-state index contributed by atoms with van der Waals surface area (Å²) in [6.07, 6.45) is 3.03. The van der Waals surface area contributed by atoms with Crippen molar-refractivity contribution in [2.24, 2.45) is 0 Å². The predicted molar refractivity (Wildman–Crippen MR) is 42.9 cm³/mol. The second-order valence-corrected chi connectivity index (χ2v) is 2.33. The molecule has 0 saturated carbocycles. The van der Waals surface area contributed by atoms with Crippen molar-refractivity contribution in [2.45, 2.75) is 6.04 Å². The standard InChI is InChI=1S/C7H8N2O4/c10-6(11)5(7(12)13)8-9-3-1-2-4-9/h1-5,8H,(H,10,11)(H,12,13). The number of nitrogens with one attached hydrogen (secondary N) is 1. The van der Waals surface area contributed by atoms with E-state index in [1.165, 1.54) is 17.1 Å². The molecule has 0 aliphatic carbocycles. The van der Waals surface area contributed by atoms with E-state index in [0.717, 1.165) is 0 Å². The van der Waals surface area contributed by atoms with Crippen molar-refractivity contribution in [3.8, 4) is 0 Å². The zero-order valence-electron chi connectivity index (χ0n) is 6.54. The minimum Gasteiger partial charge on any atom is -0.479 e. The maximum Gasteiger partial charge on any atom is 0.339 e. The van der Waals surface area contributed by atoms with Gasteiger partial charge in [-0.25, -0.2) is 9.59 Å². The molecule has 0 fully saturated rings. The van der Waals surface area contributed by atoms with Gasteiger partial charge in [-0.2, -0.15) is 0 Å². The summed E-state index contributed by atoms with van der Waals surface area (Å²) in [6.45, 7) is 0. The summed E-state index contributed by atoms with van der Waals surface area (Å²) in [7, 11) is 0. The Labute approximate surface area is 73.4 Å². The first-order valence-electron chi connectivity index (χ1n) is 3.46. The Morgan fingerprint density at radius 3 is 2.00 bits per heavy atom. The highest BCUT2D eigenvalue weighted by molar-refractivity contribution is 5.98. The van der Waals surface area contributed by atoms with Crippen molar-refractivity contribution in [2.75, 3.05) is 5.43 Å². The van der Waals surface area contributed by atoms with Gasteiger partial charge >= 0.3 is 11.9 Å². The summed E-state index contributed by atoms with van der Waals surface area (Å²) >= 11 is 0. The second-order valence-electron chi connectivity index (χ2n) is 2.33. The maximum absolute atomic E-state index is 10.4. The van der Waals surface area contributed by atoms with Crippen LogP contribution in [0.3, 0.4) is 0 Å². The molecular weight excluding hydrogens is 176 g/mol. The molecule has 6 nitrogen and oxygen atoms in total. The molecule has 0 bridgehead atoms. The first-order valence-corrected chi connectivity index (χ1v) is 3.46. The van der Waals surface area contributed by atoms with E-state index in [1.807, 2.05) is 0 Å². The van der Waals surface area contributed by atoms with Gasteiger partial charge in [-0.3, -0.25) is 4.68 Å². The number of aliphatic carboxylic acids is 2. The first-order chi connectivity index (χ1) is 6.11. The summed E-state index contributed by atoms with van der Waals surface area (Å²) < 4.78 is 1.27. The van der Waals surface area contributed by atoms with E-state index in [-0.39, 0.29) is 0 Å². The van der Waals surface area contributed by atoms with Crippen LogP contribution in [-0.4, -0.2) is 32.9 Å². The lowest BCUT2D eigenvalue weighted by atomic mass is 10.3. The third kappa shape index (κ3) is 2.22. The molecule has 6 heteroatoms. The largest absolute Gasteiger partial charge is 0.479 e. The minimum absolute atomic E-state index is 1.27. The van der Waals surface area contributed by atoms with Crippen LogP contribution in [0, 0.1) is 0 Å². The van der Waals surface area contributed by atoms with E-state index in [9.17, 15) is 9.59 Å². The van der Waals surface area contributed by atoms with Gasteiger partial charge in [0.15, 0.2) is 0 Å². The van der Waals surface area contributed by atoms with Crippen LogP contribution in [0.5, 0.6) is 0 Å². The van der Waals surface area contributed by atoms with Crippen LogP contribution in [0.4, 0.5) is 0 Å². The second kappa shape index (κ2) is 3.61. The predicted octanol–water partition coefficient (Wildman–Crippen LogP) is -0.431. The third-order valence-electron chi connectivity index (χ3n) is 1.38. The van der Waals surface area contributed by atoms with Crippen molar-refractivity contribution in [1.29, 1.82) is 0 Å². The number of rotatable bonds is 4. The molecule has 0 amide bonds. The normalized spacial score (nSPS) is 9.92. The minimum atomic E-state index is -1.63. The van der Waals surface area contributed by atoms with Crippen LogP contribution >= 0.6 is 0 Å². The van der Waals surface area contributed by atoms with Gasteiger partial charge in [-0.15, -0.1) is 0 Å². The molecule has 0 radical (unpaired) electrons. The van der Waals surface area contributed by atoms with Gasteiger partial charge in [-0.05, 0) is 12.1 Å². The van der Waals surface area contributed by atoms with Gasteiger partial charge in [0.1, 0.15) is 0 Å². The van der Waals surface area contributed by atoms with E-state index >= 15 is 0 Å². The molecule has 0 aliphatic heterocycles. The zero-order chi connectivity index (χ0) is 9.84. The van der Waals surface area contributed by atoms with E-state index in [2.05, 4.69) is 5.43 Å². The topological polar surface area (TPSA) is 91.6 Å². The maximum atomic E-state index is 10.4. The van der Waals surface area contributed by atoms with E-state index in [1.54, 1.807) is 12.1 Å². The number of hydrogen-bond acceptors (Lipinski definition) is 3. The molecule has 1 aromatic rings. The smallest absolute Gasteiger partial charge is 0.339 e. The highest BCUT2D eigenvalue weighted by Gasteiger charge is 2.25. The SMILES string of the molecule is O=C(O)C(Nn1cccc1)C(=O)O. The number of carboxylic acids is 2. The van der Waals surface area contributed by atoms with Gasteiger partial charge < -0.3 is 15.6 Å². The summed E-state index contributed by atoms with van der Waals surface area (Å²) in [6, 6.07) is 1.66. The Morgan fingerprint density at radius 2 is 1.62 bits per heavy atom. The van der Waals surface area contributed by atoms with Crippen LogP contribution in [0.2, 0.25) is 0 Å². The lowest BCUT2D eigenvalue weighted by Gasteiger charge is -2.11. The van der Waals surface area contributed by atoms with Crippen LogP contribution in [0.1, 0.15) is 0 Å². The van der Waals surface area contributed by atoms with E-state index < -0.39 is 18.0 Å². The molecule has 1 rings (SSSR count). The van der Waals surface area contributed by atoms with Crippen molar-refractivity contribution < 1.29 is 19.8 Å². The lowest BCUT2D eigenvalue weighted by molar-refractivity contribution is -0.149. The van der Waals surface area contributed by atoms with Crippen LogP contribution in [0.15, 0.2) is 24.5 Å². The molecule has 70 valence electrons. The molecule has 0 saturated heterocycles. The summed E-state index contributed by atoms with van der Waals surface area (Å²) in [5.74, 6) is -2.86. The quantitative estimate of drug-likeness (QED) is 0.552. The van der Waals surface area contributed by atoms with Crippen LogP contribution in [0.25, 0.3) is 0 Å². The molecule has 0 spiro atoms. The average molecular weight is 184 g/mol. The summed E-state index contributed by atoms with van der Waals surface area (Å²) in [5.41, 5.74) is 2.28. The molecule has 3 N–H and O–H groups in total. The van der Waals surface area contributed by atoms with E-state index in [4.69, 9.17) is 10.2 Å². The molecule has 0 aromatic carbocycles. The Balaban J connectivity index is 2.69. The highest BCUT2D eigenvalue weighted by atomic mass is 16.4. The van der Waals surface area contributed by atoms with Crippen molar-refractivity contribution in [3.63, 3.8) is 0 Å². The van der Waals surface area contributed by atoms with Crippen LogP contribution in [-0.2, 0) is 9.59 Å². The van der Waals surface area contributed by atoms with Gasteiger partial charge in [-0.1, -0.05) is 0 Å². The van der Waals surface area contributed by atoms with Crippen molar-refractivity contribution >= 4 is 11.9 Å². The molecule has 1 aromatic heterocycles. The zero-order valence-corrected chi connectivity index (χ0v) is 6.54. The number of nitrogens with zero attached hydrogens (tertiary/aromatic N) is 1. The number of carboxylic acid groups (broad SMARTS) is 2. The highest BCUT2D eigenvalue weighted by Crippen LogP contribution is 1.91. The Hall–Kier alpha value is -1.98. The number of hydrogen-bond donors (Lipinski definition) is 3. The molecule has 13 heavy (non-hydrogen) atoms. The average Bonchev–Trinajstić information content (AvgIpc) is 2.50. The van der Waals surface area contributed by atoms with Crippen molar-refractivity contribution in [3.05, 3.63) is 24.5 Å². The molecule has 0 atom stereocenters. The van der Waals surface area contributed by atoms with Gasteiger partial charge in [0.25, 0.3) is 0 Å². The van der Waals surface area contributed by atoms with Crippen molar-refractivity contribution in [1.82, 2.24) is 4.68 Å². The third-order valence-corrected chi connectivity index (χ3v) is 1.38. The number of aromatic nitrogens is 1. The Kier molecular flexibility index (Phi) is 2.53. The van der Waals surface area contributed by atoms with Crippen LogP contribution < -0.4 is 5.43 Å². The lowest BCUT2D eigenvalue weighted by Crippen LogP contribution is -2.41. The molecule has 0 unspecified atom stereocenters. The summed E-state index contributed by atoms with van der Waals surface area (Å²) in [4.78, 5) is 20.8. The Bertz CT molecular complexity index is 292. The van der Waals surface area contributed by atoms with Gasteiger partial charge in [0.05, 0.1) is 0 Å². The molecular formula is C7H8N2O4. The van der Waals surface area contributed by atoms with Gasteiger partial charge in [0, 0.05) is 12.4 Å². The molecule has 0 aliphatic rings. The summed E-state index contributed by atoms with van der Waals surface area (Å²) in [5, 5.41) is 17.0. The molecule has 1 heterocycles.